The molecular weight excluding hydrogens is 1290 g/mol. The van der Waals surface area contributed by atoms with Crippen LogP contribution in [0.25, 0.3) is 0 Å². The summed E-state index contributed by atoms with van der Waals surface area (Å²) in [4.78, 5) is 0. The van der Waals surface area contributed by atoms with Crippen molar-refractivity contribution in [2.75, 3.05) is 0 Å². The molecule has 0 amide bonds. The number of halogens is 2. The minimum absolute atomic E-state index is 0. The Morgan fingerprint density at radius 1 is 0.458 bits per heavy atom. The van der Waals surface area contributed by atoms with Gasteiger partial charge in [-0.15, -0.1) is 0 Å². The van der Waals surface area contributed by atoms with Crippen molar-refractivity contribution in [1.29, 1.82) is 0 Å². The Hall–Kier alpha value is 3.52. The third-order valence-electron chi connectivity index (χ3n) is 1.45. The van der Waals surface area contributed by atoms with Crippen LogP contribution >= 0.6 is 0 Å². The SMILES string of the molecule is [C-]1=C[CH]=[Bi][NH]1.[C-]1=C[CH]=[Bi][NH]1.[C-]1=C[CH]=[Bi][NH]1.[C-]1=C[CH]=[Bi][NH]1.[Cl-].[Cl-].[Zr+2].[Zr+2]. The first kappa shape index (κ1) is 35.0. The van der Waals surface area contributed by atoms with Crippen molar-refractivity contribution in [3.63, 3.8) is 0 Å². The summed E-state index contributed by atoms with van der Waals surface area (Å²) in [7, 11) is 0. The normalized spacial score (nSPS) is 13.3. The fourth-order valence-corrected chi connectivity index (χ4v) is 6.54. The van der Waals surface area contributed by atoms with E-state index >= 15 is 0 Å². The van der Waals surface area contributed by atoms with Gasteiger partial charge in [0.05, 0.1) is 0 Å². The molecule has 0 fully saturated rings. The fourth-order valence-electron chi connectivity index (χ4n) is 0.745. The molecule has 0 aromatic carbocycles. The smallest absolute Gasteiger partial charge is 1.00 e. The third-order valence-corrected chi connectivity index (χ3v) is 10.1. The minimum Gasteiger partial charge on any atom is -1.00 e. The monoisotopic (exact) mass is 1300 g/mol. The molecule has 4 nitrogen and oxygen atoms in total. The van der Waals surface area contributed by atoms with Crippen LogP contribution in [-0.4, -0.2) is 107 Å². The van der Waals surface area contributed by atoms with Crippen LogP contribution in [0.4, 0.5) is 0 Å². The first-order valence-electron chi connectivity index (χ1n) is 5.42. The zero-order valence-corrected chi connectivity index (χ0v) is 32.5. The molecule has 24 heavy (non-hydrogen) atoms. The number of rotatable bonds is 0. The Morgan fingerprint density at radius 3 is 0.708 bits per heavy atom. The van der Waals surface area contributed by atoms with Crippen LogP contribution in [0.2, 0.25) is 0 Å². The molecule has 4 rings (SSSR count). The van der Waals surface area contributed by atoms with Gasteiger partial charge in [-0.25, -0.2) is 0 Å². The van der Waals surface area contributed by atoms with Gasteiger partial charge in [-0.3, -0.25) is 0 Å². The minimum atomic E-state index is -0.285. The molecule has 0 radical (unpaired) electrons. The average Bonchev–Trinajstić information content (AvgIpc) is 3.40. The van der Waals surface area contributed by atoms with Gasteiger partial charge in [0.1, 0.15) is 0 Å². The summed E-state index contributed by atoms with van der Waals surface area (Å²) in [5, 5.41) is 0. The van der Waals surface area contributed by atoms with Crippen molar-refractivity contribution in [3.05, 3.63) is 49.1 Å². The summed E-state index contributed by atoms with van der Waals surface area (Å²) in [6.07, 6.45) is 19.3. The van der Waals surface area contributed by atoms with Gasteiger partial charge in [0.2, 0.25) is 0 Å². The van der Waals surface area contributed by atoms with E-state index in [9.17, 15) is 0 Å². The van der Waals surface area contributed by atoms with Gasteiger partial charge < -0.3 is 24.8 Å². The molecule has 0 saturated carbocycles. The van der Waals surface area contributed by atoms with E-state index in [1.807, 2.05) is 24.3 Å². The molecule has 0 unspecified atom stereocenters. The van der Waals surface area contributed by atoms with Crippen LogP contribution in [-0.2, 0) is 52.4 Å². The topological polar surface area (TPSA) is 48.1 Å². The summed E-state index contributed by atoms with van der Waals surface area (Å²) in [6, 6.07) is 0. The summed E-state index contributed by atoms with van der Waals surface area (Å²) < 4.78 is 20.9. The van der Waals surface area contributed by atoms with Crippen LogP contribution in [0, 0.1) is 24.8 Å². The predicted octanol–water partition coefficient (Wildman–Crippen LogP) is -8.69. The number of hydrogen-bond donors (Lipinski definition) is 4. The van der Waals surface area contributed by atoms with Gasteiger partial charge in [-0.1, -0.05) is 0 Å². The standard InChI is InChI=1S/4C3H3N.4Bi.2ClH.2Zr/c4*1-2-3-4;;;;;;;;/h4*1-2,4H;;;;;2*1H;;/q4*-2;4*+1;;;2*+2/p-2. The van der Waals surface area contributed by atoms with E-state index in [0.717, 1.165) is 0 Å². The number of allylic oxidation sites excluding steroid dienone is 4. The molecule has 0 bridgehead atoms. The maximum atomic E-state index is 3.04. The molecule has 0 aromatic heterocycles. The van der Waals surface area contributed by atoms with Crippen molar-refractivity contribution < 1.29 is 77.2 Å². The van der Waals surface area contributed by atoms with E-state index in [0.29, 0.717) is 0 Å². The number of hydrogen-bond acceptors (Lipinski definition) is 4. The van der Waals surface area contributed by atoms with Crippen LogP contribution in [0.5, 0.6) is 0 Å². The van der Waals surface area contributed by atoms with E-state index in [-0.39, 0.29) is 169 Å². The van der Waals surface area contributed by atoms with Crippen LogP contribution in [0.3, 0.4) is 0 Å². The molecule has 12 heteroatoms. The van der Waals surface area contributed by atoms with Gasteiger partial charge >= 0.3 is 222 Å². The molecular formula is C12H12Bi4Cl2N4Zr2-2. The van der Waals surface area contributed by atoms with E-state index < -0.39 is 0 Å². The van der Waals surface area contributed by atoms with E-state index in [1.165, 1.54) is 0 Å². The van der Waals surface area contributed by atoms with Gasteiger partial charge in [-0.05, 0) is 0 Å². The predicted molar refractivity (Wildman–Crippen MR) is 91.1 cm³/mol. The van der Waals surface area contributed by atoms with Crippen LogP contribution < -0.4 is 37.9 Å². The molecule has 4 aliphatic heterocycles. The second-order valence-electron chi connectivity index (χ2n) is 2.80. The Morgan fingerprint density at radius 2 is 0.667 bits per heavy atom. The second kappa shape index (κ2) is 31.2. The second-order valence-corrected chi connectivity index (χ2v) is 14.9. The molecule has 4 heterocycles. The van der Waals surface area contributed by atoms with Crippen LogP contribution in [0.1, 0.15) is 0 Å². The van der Waals surface area contributed by atoms with Crippen molar-refractivity contribution in [2.24, 2.45) is 0 Å². The molecule has 124 valence electrons. The van der Waals surface area contributed by atoms with Crippen molar-refractivity contribution >= 4 is 107 Å². The van der Waals surface area contributed by atoms with Crippen molar-refractivity contribution in [1.82, 2.24) is 13.0 Å². The fraction of sp³-hybridized carbons (Fsp3) is 0. The summed E-state index contributed by atoms with van der Waals surface area (Å²) in [5.74, 6) is 0. The Kier molecular flexibility index (Phi) is 45.5. The average molecular weight is 1300 g/mol. The third kappa shape index (κ3) is 27.7. The van der Waals surface area contributed by atoms with Gasteiger partial charge in [0.25, 0.3) is 0 Å². The summed E-state index contributed by atoms with van der Waals surface area (Å²) in [5.41, 5.74) is 0. The van der Waals surface area contributed by atoms with Gasteiger partial charge in [-0.2, -0.15) is 0 Å². The quantitative estimate of drug-likeness (QED) is 0.144. The Labute approximate surface area is 241 Å². The molecule has 0 aromatic rings. The molecule has 0 saturated heterocycles. The van der Waals surface area contributed by atoms with Gasteiger partial charge in [0.15, 0.2) is 0 Å². The first-order valence-corrected chi connectivity index (χ1v) is 20.4. The zero-order valence-electron chi connectivity index (χ0n) is 12.2. The molecule has 0 atom stereocenters. The summed E-state index contributed by atoms with van der Waals surface area (Å²) >= 11 is -1.14. The van der Waals surface area contributed by atoms with Crippen molar-refractivity contribution in [3.8, 4) is 0 Å². The summed E-state index contributed by atoms with van der Waals surface area (Å²) in [6.45, 7) is 0. The molecule has 4 aliphatic rings. The maximum absolute atomic E-state index is 3.04. The Bertz CT molecular complexity index is 367. The molecule has 4 N–H and O–H groups in total. The van der Waals surface area contributed by atoms with E-state index in [4.69, 9.17) is 0 Å². The van der Waals surface area contributed by atoms with E-state index in [1.54, 1.807) is 0 Å². The maximum Gasteiger partial charge on any atom is 2.00 e. The van der Waals surface area contributed by atoms with Crippen molar-refractivity contribution in [2.45, 2.75) is 0 Å². The number of nitrogens with one attached hydrogen (secondary N) is 4. The molecule has 0 aliphatic carbocycles. The zero-order chi connectivity index (χ0) is 14.1. The van der Waals surface area contributed by atoms with Crippen LogP contribution in [0.15, 0.2) is 24.3 Å². The first-order chi connectivity index (χ1) is 10.0. The Balaban J connectivity index is -0.000000105. The molecule has 0 spiro atoms. The largest absolute Gasteiger partial charge is 2.00 e. The van der Waals surface area contributed by atoms with Gasteiger partial charge in [0, 0.05) is 0 Å². The van der Waals surface area contributed by atoms with E-state index in [2.05, 4.69) is 52.7 Å².